The normalized spacial score (nSPS) is 12.2. The topological polar surface area (TPSA) is 48.8 Å². The summed E-state index contributed by atoms with van der Waals surface area (Å²) in [5.74, 6) is 0.778. The first-order valence-electron chi connectivity index (χ1n) is 19.3. The Morgan fingerprint density at radius 3 is 1.88 bits per heavy atom. The van der Waals surface area contributed by atoms with E-state index in [1.165, 1.54) is 48.7 Å². The van der Waals surface area contributed by atoms with Gasteiger partial charge in [-0.25, -0.2) is 9.97 Å². The number of aromatic nitrogens is 4. The number of hydrogen-bond donors (Lipinski definition) is 0. The van der Waals surface area contributed by atoms with Gasteiger partial charge in [-0.3, -0.25) is 4.57 Å². The quantitative estimate of drug-likeness (QED) is 0.182. The summed E-state index contributed by atoms with van der Waals surface area (Å²) >= 11 is 0. The summed E-state index contributed by atoms with van der Waals surface area (Å²) in [5.41, 5.74) is 10.8. The Morgan fingerprint density at radius 2 is 1.02 bits per heavy atom. The Bertz CT molecular complexity index is 3830. The summed E-state index contributed by atoms with van der Waals surface area (Å²) < 4.78 is 11.1. The fraction of sp³-hybridized carbons (Fsp3) is 0. The molecule has 0 radical (unpaired) electrons. The molecule has 0 aliphatic heterocycles. The number of fused-ring (bicyclic) bond motifs is 13. The first kappa shape index (κ1) is 30.6. The van der Waals surface area contributed by atoms with E-state index >= 15 is 0 Å². The SMILES string of the molecule is c1ccc2c(c1)ccc1c3ccccc3n(-c3ccc4cc5c6ccccc6n(-c6nc7ccccc7nc6-c6ccc7c(c6)oc6ccccc67)c5cc4c3)c21. The third-order valence-corrected chi connectivity index (χ3v) is 11.8. The van der Waals surface area contributed by atoms with Crippen LogP contribution in [-0.2, 0) is 0 Å². The first-order chi connectivity index (χ1) is 28.2. The highest BCUT2D eigenvalue weighted by Crippen LogP contribution is 2.41. The number of hydrogen-bond acceptors (Lipinski definition) is 3. The smallest absolute Gasteiger partial charge is 0.165 e. The van der Waals surface area contributed by atoms with Gasteiger partial charge >= 0.3 is 0 Å². The van der Waals surface area contributed by atoms with E-state index in [1.54, 1.807) is 0 Å². The molecule has 0 spiro atoms. The van der Waals surface area contributed by atoms with Crippen LogP contribution in [0, 0.1) is 0 Å². The molecule has 0 atom stereocenters. The zero-order valence-electron chi connectivity index (χ0n) is 30.5. The summed E-state index contributed by atoms with van der Waals surface area (Å²) in [7, 11) is 0. The van der Waals surface area contributed by atoms with Crippen molar-refractivity contribution in [2.45, 2.75) is 0 Å². The van der Waals surface area contributed by atoms with Gasteiger partial charge in [0.2, 0.25) is 0 Å². The van der Waals surface area contributed by atoms with Crippen LogP contribution in [0.3, 0.4) is 0 Å². The molecule has 13 rings (SSSR count). The largest absolute Gasteiger partial charge is 0.456 e. The van der Waals surface area contributed by atoms with Crippen molar-refractivity contribution < 1.29 is 4.42 Å². The second kappa shape index (κ2) is 11.4. The van der Waals surface area contributed by atoms with Crippen molar-refractivity contribution in [2.75, 3.05) is 0 Å². The van der Waals surface area contributed by atoms with E-state index in [9.17, 15) is 0 Å². The monoisotopic (exact) mass is 726 g/mol. The van der Waals surface area contributed by atoms with E-state index in [2.05, 4.69) is 155 Å². The molecule has 13 aromatic rings. The van der Waals surface area contributed by atoms with Crippen LogP contribution in [0.25, 0.3) is 121 Å². The van der Waals surface area contributed by atoms with Gasteiger partial charge in [0.25, 0.3) is 0 Å². The standard InChI is InChI=1S/C52H30N4O/c1-2-12-36-31(11-1)22-26-41-37-13-3-8-18-45(37)55(51(36)41)35-24-21-32-28-42-38-14-4-9-19-46(38)56(47(42)29-34(32)27-35)52-50(53-43-16-6-7-17-44(43)54-52)33-23-25-40-39-15-5-10-20-48(39)57-49(40)30-33/h1-30H. The molecule has 0 amide bonds. The summed E-state index contributed by atoms with van der Waals surface area (Å²) in [5, 5.41) is 11.8. The molecule has 4 heterocycles. The third-order valence-electron chi connectivity index (χ3n) is 11.8. The van der Waals surface area contributed by atoms with E-state index in [4.69, 9.17) is 14.4 Å². The number of benzene rings is 9. The molecule has 0 fully saturated rings. The highest BCUT2D eigenvalue weighted by Gasteiger charge is 2.21. The van der Waals surface area contributed by atoms with Gasteiger partial charge in [0, 0.05) is 49.0 Å². The van der Waals surface area contributed by atoms with Crippen LogP contribution in [0.4, 0.5) is 0 Å². The third kappa shape index (κ3) is 4.34. The molecular weight excluding hydrogens is 697 g/mol. The second-order valence-electron chi connectivity index (χ2n) is 15.0. The fourth-order valence-electron chi connectivity index (χ4n) is 9.28. The number of rotatable bonds is 3. The Labute approximate surface area is 325 Å². The summed E-state index contributed by atoms with van der Waals surface area (Å²) in [6.07, 6.45) is 0. The van der Waals surface area contributed by atoms with Crippen LogP contribution < -0.4 is 0 Å². The van der Waals surface area contributed by atoms with E-state index in [0.717, 1.165) is 72.2 Å². The molecule has 9 aromatic carbocycles. The lowest BCUT2D eigenvalue weighted by atomic mass is 10.0. The maximum atomic E-state index is 6.38. The molecule has 5 heteroatoms. The van der Waals surface area contributed by atoms with E-state index in [0.29, 0.717) is 0 Å². The van der Waals surface area contributed by atoms with Crippen molar-refractivity contribution in [1.82, 2.24) is 19.1 Å². The van der Waals surface area contributed by atoms with Gasteiger partial charge < -0.3 is 8.98 Å². The average molecular weight is 727 g/mol. The van der Waals surface area contributed by atoms with Gasteiger partial charge in [0.1, 0.15) is 16.9 Å². The van der Waals surface area contributed by atoms with Gasteiger partial charge in [-0.05, 0) is 82.9 Å². The number of nitrogens with zero attached hydrogens (tertiary/aromatic N) is 4. The molecule has 4 aromatic heterocycles. The van der Waals surface area contributed by atoms with Crippen LogP contribution in [0.2, 0.25) is 0 Å². The lowest BCUT2D eigenvalue weighted by molar-refractivity contribution is 0.669. The molecule has 0 saturated carbocycles. The first-order valence-corrected chi connectivity index (χ1v) is 19.3. The Kier molecular flexibility index (Phi) is 6.10. The van der Waals surface area contributed by atoms with E-state index in [-0.39, 0.29) is 0 Å². The summed E-state index contributed by atoms with van der Waals surface area (Å²) in [6.45, 7) is 0. The number of para-hydroxylation sites is 5. The van der Waals surface area contributed by atoms with Crippen molar-refractivity contribution in [3.8, 4) is 22.8 Å². The van der Waals surface area contributed by atoms with Gasteiger partial charge in [-0.2, -0.15) is 0 Å². The molecule has 0 N–H and O–H groups in total. The van der Waals surface area contributed by atoms with Gasteiger partial charge in [0.15, 0.2) is 5.82 Å². The molecule has 0 saturated heterocycles. The molecule has 0 unspecified atom stereocenters. The van der Waals surface area contributed by atoms with Gasteiger partial charge in [-0.15, -0.1) is 0 Å². The van der Waals surface area contributed by atoms with Crippen molar-refractivity contribution in [3.63, 3.8) is 0 Å². The van der Waals surface area contributed by atoms with Crippen molar-refractivity contribution >= 4 is 98.1 Å². The van der Waals surface area contributed by atoms with Crippen LogP contribution in [0.5, 0.6) is 0 Å². The second-order valence-corrected chi connectivity index (χ2v) is 15.0. The van der Waals surface area contributed by atoms with Crippen LogP contribution in [-0.4, -0.2) is 19.1 Å². The predicted octanol–water partition coefficient (Wildman–Crippen LogP) is 13.7. The van der Waals surface area contributed by atoms with Crippen LogP contribution in [0.1, 0.15) is 0 Å². The highest BCUT2D eigenvalue weighted by atomic mass is 16.3. The van der Waals surface area contributed by atoms with E-state index in [1.807, 2.05) is 36.4 Å². The zero-order valence-corrected chi connectivity index (χ0v) is 30.5. The maximum absolute atomic E-state index is 6.38. The minimum Gasteiger partial charge on any atom is -0.456 e. The summed E-state index contributed by atoms with van der Waals surface area (Å²) in [4.78, 5) is 10.8. The molecule has 0 aliphatic carbocycles. The van der Waals surface area contributed by atoms with Gasteiger partial charge in [-0.1, -0.05) is 115 Å². The molecule has 0 bridgehead atoms. The van der Waals surface area contributed by atoms with Crippen molar-refractivity contribution in [2.24, 2.45) is 0 Å². The maximum Gasteiger partial charge on any atom is 0.165 e. The van der Waals surface area contributed by atoms with E-state index < -0.39 is 0 Å². The molecular formula is C52H30N4O. The van der Waals surface area contributed by atoms with Gasteiger partial charge in [0.05, 0.1) is 33.1 Å². The number of furan rings is 1. The van der Waals surface area contributed by atoms with Crippen molar-refractivity contribution in [3.05, 3.63) is 182 Å². The summed E-state index contributed by atoms with van der Waals surface area (Å²) in [6, 6.07) is 64.9. The Hall–Kier alpha value is -7.76. The van der Waals surface area contributed by atoms with Crippen LogP contribution >= 0.6 is 0 Å². The Balaban J connectivity index is 1.10. The molecule has 5 nitrogen and oxygen atoms in total. The van der Waals surface area contributed by atoms with Crippen molar-refractivity contribution in [1.29, 1.82) is 0 Å². The lowest BCUT2D eigenvalue weighted by Crippen LogP contribution is -2.03. The highest BCUT2D eigenvalue weighted by molar-refractivity contribution is 6.19. The average Bonchev–Trinajstić information content (AvgIpc) is 3.92. The molecule has 0 aliphatic rings. The lowest BCUT2D eigenvalue weighted by Gasteiger charge is -2.14. The molecule has 264 valence electrons. The Morgan fingerprint density at radius 1 is 0.368 bits per heavy atom. The predicted molar refractivity (Wildman–Crippen MR) is 236 cm³/mol. The fourth-order valence-corrected chi connectivity index (χ4v) is 9.28. The zero-order chi connectivity index (χ0) is 37.2. The minimum atomic E-state index is 0.778. The minimum absolute atomic E-state index is 0.778. The molecule has 57 heavy (non-hydrogen) atoms. The van der Waals surface area contributed by atoms with Crippen LogP contribution in [0.15, 0.2) is 186 Å².